The zero-order valence-electron chi connectivity index (χ0n) is 10.0. The van der Waals surface area contributed by atoms with E-state index in [1.807, 2.05) is 18.5 Å². The van der Waals surface area contributed by atoms with Crippen LogP contribution in [0.4, 0.5) is 0 Å². The summed E-state index contributed by atoms with van der Waals surface area (Å²) in [7, 11) is 2.18. The fraction of sp³-hybridized carbons (Fsp3) is 0.267. The van der Waals surface area contributed by atoms with Crippen LogP contribution in [0.15, 0.2) is 48.8 Å². The van der Waals surface area contributed by atoms with Crippen LogP contribution in [-0.4, -0.2) is 23.5 Å². The summed E-state index contributed by atoms with van der Waals surface area (Å²) in [6, 6.07) is 12.9. The Balaban J connectivity index is 2.07. The molecule has 0 N–H and O–H groups in total. The molecule has 1 aliphatic rings. The second kappa shape index (κ2) is 4.30. The topological polar surface area (TPSA) is 16.1 Å². The molecule has 0 amide bonds. The fourth-order valence-electron chi connectivity index (χ4n) is 2.65. The quantitative estimate of drug-likeness (QED) is 0.740. The van der Waals surface area contributed by atoms with Gasteiger partial charge in [0, 0.05) is 31.4 Å². The Labute approximate surface area is 102 Å². The molecule has 2 nitrogen and oxygen atoms in total. The van der Waals surface area contributed by atoms with Crippen LogP contribution < -0.4 is 0 Å². The molecule has 3 rings (SSSR count). The number of hydrogen-bond donors (Lipinski definition) is 0. The first kappa shape index (κ1) is 10.5. The molecule has 1 aromatic carbocycles. The average molecular weight is 224 g/mol. The van der Waals surface area contributed by atoms with Crippen LogP contribution in [-0.2, 0) is 6.54 Å². The molecule has 0 radical (unpaired) electrons. The summed E-state index contributed by atoms with van der Waals surface area (Å²) in [4.78, 5) is 6.61. The lowest BCUT2D eigenvalue weighted by Gasteiger charge is -2.32. The van der Waals surface area contributed by atoms with Crippen LogP contribution in [0, 0.1) is 0 Å². The van der Waals surface area contributed by atoms with Crippen LogP contribution in [0.1, 0.15) is 22.6 Å². The van der Waals surface area contributed by atoms with Crippen molar-refractivity contribution in [2.45, 2.75) is 12.5 Å². The van der Waals surface area contributed by atoms with Crippen molar-refractivity contribution in [3.8, 4) is 0 Å². The van der Waals surface area contributed by atoms with E-state index in [2.05, 4.69) is 47.3 Å². The third kappa shape index (κ3) is 1.96. The van der Waals surface area contributed by atoms with Gasteiger partial charge < -0.3 is 4.90 Å². The Morgan fingerprint density at radius 3 is 2.88 bits per heavy atom. The third-order valence-corrected chi connectivity index (χ3v) is 3.45. The maximum absolute atomic E-state index is 4.24. The zero-order valence-corrected chi connectivity index (χ0v) is 10.0. The minimum absolute atomic E-state index is 0.457. The highest BCUT2D eigenvalue weighted by atomic mass is 15.1. The Morgan fingerprint density at radius 1 is 1.18 bits per heavy atom. The second-order valence-corrected chi connectivity index (χ2v) is 4.73. The molecule has 1 aromatic heterocycles. The number of likely N-dealkylation sites (N-methyl/N-ethyl adjacent to an activating group) is 1. The molecule has 2 heterocycles. The van der Waals surface area contributed by atoms with Gasteiger partial charge in [-0.05, 0) is 29.8 Å². The van der Waals surface area contributed by atoms with Crippen LogP contribution in [0.25, 0.3) is 0 Å². The van der Waals surface area contributed by atoms with Crippen molar-refractivity contribution >= 4 is 0 Å². The number of benzene rings is 1. The van der Waals surface area contributed by atoms with Gasteiger partial charge in [-0.3, -0.25) is 4.98 Å². The highest BCUT2D eigenvalue weighted by molar-refractivity contribution is 5.39. The summed E-state index contributed by atoms with van der Waals surface area (Å²) in [6.07, 6.45) is 3.82. The van der Waals surface area contributed by atoms with Crippen molar-refractivity contribution in [1.29, 1.82) is 0 Å². The van der Waals surface area contributed by atoms with Gasteiger partial charge in [0.1, 0.15) is 0 Å². The minimum atomic E-state index is 0.457. The average Bonchev–Trinajstić information content (AvgIpc) is 2.39. The molecule has 2 heteroatoms. The number of pyridine rings is 1. The van der Waals surface area contributed by atoms with Gasteiger partial charge in [-0.2, -0.15) is 0 Å². The van der Waals surface area contributed by atoms with Crippen molar-refractivity contribution < 1.29 is 0 Å². The lowest BCUT2D eigenvalue weighted by atomic mass is 9.85. The number of hydrogen-bond acceptors (Lipinski definition) is 2. The number of nitrogens with zero attached hydrogens (tertiary/aromatic N) is 2. The molecule has 0 bridgehead atoms. The number of aromatic nitrogens is 1. The summed E-state index contributed by atoms with van der Waals surface area (Å²) < 4.78 is 0. The molecular weight excluding hydrogens is 208 g/mol. The first-order valence-corrected chi connectivity index (χ1v) is 6.01. The van der Waals surface area contributed by atoms with Gasteiger partial charge in [0.2, 0.25) is 0 Å². The molecule has 1 aliphatic heterocycles. The van der Waals surface area contributed by atoms with E-state index in [0.717, 1.165) is 13.1 Å². The van der Waals surface area contributed by atoms with E-state index in [-0.39, 0.29) is 0 Å². The van der Waals surface area contributed by atoms with Crippen molar-refractivity contribution in [3.63, 3.8) is 0 Å². The Hall–Kier alpha value is -1.67. The number of fused-ring (bicyclic) bond motifs is 1. The van der Waals surface area contributed by atoms with Gasteiger partial charge in [0.05, 0.1) is 0 Å². The molecule has 1 unspecified atom stereocenters. The molecule has 2 aromatic rings. The Kier molecular flexibility index (Phi) is 2.65. The predicted octanol–water partition coefficient (Wildman–Crippen LogP) is 2.66. The van der Waals surface area contributed by atoms with Crippen LogP contribution in [0.5, 0.6) is 0 Å². The maximum Gasteiger partial charge on any atom is 0.0306 e. The minimum Gasteiger partial charge on any atom is -0.301 e. The van der Waals surface area contributed by atoms with Crippen molar-refractivity contribution in [2.75, 3.05) is 13.6 Å². The largest absolute Gasteiger partial charge is 0.301 e. The molecule has 0 saturated heterocycles. The molecular formula is C15H16N2. The van der Waals surface area contributed by atoms with Crippen LogP contribution in [0.2, 0.25) is 0 Å². The Morgan fingerprint density at radius 2 is 2.06 bits per heavy atom. The first-order chi connectivity index (χ1) is 8.34. The molecule has 0 fully saturated rings. The fourth-order valence-corrected chi connectivity index (χ4v) is 2.65. The highest BCUT2D eigenvalue weighted by Gasteiger charge is 2.24. The summed E-state index contributed by atoms with van der Waals surface area (Å²) in [5.74, 6) is 0.457. The van der Waals surface area contributed by atoms with E-state index in [0.29, 0.717) is 5.92 Å². The van der Waals surface area contributed by atoms with E-state index in [1.54, 1.807) is 0 Å². The van der Waals surface area contributed by atoms with E-state index in [1.165, 1.54) is 16.7 Å². The maximum atomic E-state index is 4.24. The van der Waals surface area contributed by atoms with E-state index in [9.17, 15) is 0 Å². The van der Waals surface area contributed by atoms with Crippen LogP contribution >= 0.6 is 0 Å². The summed E-state index contributed by atoms with van der Waals surface area (Å²) in [6.45, 7) is 2.12. The molecule has 1 atom stereocenters. The monoisotopic (exact) mass is 224 g/mol. The van der Waals surface area contributed by atoms with Gasteiger partial charge in [0.15, 0.2) is 0 Å². The SMILES string of the molecule is CN1Cc2ccccc2C(c2cccnc2)C1. The zero-order chi connectivity index (χ0) is 11.7. The standard InChI is InChI=1S/C15H16N2/c1-17-10-13-5-2-3-7-14(13)15(11-17)12-6-4-8-16-9-12/h2-9,15H,10-11H2,1H3. The van der Waals surface area contributed by atoms with Gasteiger partial charge in [-0.1, -0.05) is 30.3 Å². The molecule has 0 saturated carbocycles. The normalized spacial score (nSPS) is 19.9. The van der Waals surface area contributed by atoms with Gasteiger partial charge in [-0.25, -0.2) is 0 Å². The van der Waals surface area contributed by atoms with Crippen molar-refractivity contribution in [2.24, 2.45) is 0 Å². The molecule has 86 valence electrons. The summed E-state index contributed by atoms with van der Waals surface area (Å²) in [5.41, 5.74) is 4.21. The van der Waals surface area contributed by atoms with E-state index < -0.39 is 0 Å². The van der Waals surface area contributed by atoms with E-state index >= 15 is 0 Å². The highest BCUT2D eigenvalue weighted by Crippen LogP contribution is 2.32. The van der Waals surface area contributed by atoms with Crippen molar-refractivity contribution in [3.05, 3.63) is 65.5 Å². The van der Waals surface area contributed by atoms with Crippen molar-refractivity contribution in [1.82, 2.24) is 9.88 Å². The summed E-state index contributed by atoms with van der Waals surface area (Å²) >= 11 is 0. The molecule has 0 aliphatic carbocycles. The smallest absolute Gasteiger partial charge is 0.0306 e. The van der Waals surface area contributed by atoms with Crippen LogP contribution in [0.3, 0.4) is 0 Å². The Bertz CT molecular complexity index is 507. The molecule has 17 heavy (non-hydrogen) atoms. The van der Waals surface area contributed by atoms with E-state index in [4.69, 9.17) is 0 Å². The van der Waals surface area contributed by atoms with Gasteiger partial charge >= 0.3 is 0 Å². The first-order valence-electron chi connectivity index (χ1n) is 6.01. The second-order valence-electron chi connectivity index (χ2n) is 4.73. The predicted molar refractivity (Wildman–Crippen MR) is 68.9 cm³/mol. The lowest BCUT2D eigenvalue weighted by molar-refractivity contribution is 0.295. The van der Waals surface area contributed by atoms with Gasteiger partial charge in [-0.15, -0.1) is 0 Å². The third-order valence-electron chi connectivity index (χ3n) is 3.45. The summed E-state index contributed by atoms with van der Waals surface area (Å²) in [5, 5.41) is 0. The lowest BCUT2D eigenvalue weighted by Crippen LogP contribution is -2.30. The molecule has 0 spiro atoms. The van der Waals surface area contributed by atoms with Gasteiger partial charge in [0.25, 0.3) is 0 Å². The number of rotatable bonds is 1.